The fraction of sp³-hybridized carbons (Fsp3) is 0.529. The van der Waals surface area contributed by atoms with E-state index in [1.165, 1.54) is 36.9 Å². The van der Waals surface area contributed by atoms with Crippen molar-refractivity contribution in [1.29, 1.82) is 0 Å². The Morgan fingerprint density at radius 2 is 2.05 bits per heavy atom. The zero-order valence-electron chi connectivity index (χ0n) is 12.2. The minimum Gasteiger partial charge on any atom is -0.454 e. The minimum atomic E-state index is 0.259. The van der Waals surface area contributed by atoms with Crippen LogP contribution in [-0.4, -0.2) is 31.3 Å². The second-order valence-electron chi connectivity index (χ2n) is 6.41. The van der Waals surface area contributed by atoms with Gasteiger partial charge in [0.2, 0.25) is 6.79 Å². The number of hydrogen-bond donors (Lipinski definition) is 0. The van der Waals surface area contributed by atoms with Gasteiger partial charge in [0.05, 0.1) is 0 Å². The Morgan fingerprint density at radius 1 is 1.20 bits per heavy atom. The molecule has 0 radical (unpaired) electrons. The monoisotopic (exact) mass is 271 g/mol. The molecule has 1 aromatic carbocycles. The van der Waals surface area contributed by atoms with Gasteiger partial charge in [-0.05, 0) is 57.5 Å². The maximum Gasteiger partial charge on any atom is 0.231 e. The molecule has 20 heavy (non-hydrogen) atoms. The summed E-state index contributed by atoms with van der Waals surface area (Å²) in [5, 5.41) is 0. The third-order valence-corrected chi connectivity index (χ3v) is 5.31. The Balaban J connectivity index is 1.80. The van der Waals surface area contributed by atoms with Crippen molar-refractivity contribution in [1.82, 2.24) is 4.90 Å². The highest BCUT2D eigenvalue weighted by Gasteiger charge is 2.47. The number of allylic oxidation sites excluding steroid dienone is 1. The van der Waals surface area contributed by atoms with Crippen LogP contribution in [0.15, 0.2) is 29.8 Å². The Kier molecular flexibility index (Phi) is 2.61. The molecule has 0 spiro atoms. The van der Waals surface area contributed by atoms with Gasteiger partial charge in [-0.1, -0.05) is 17.7 Å². The molecule has 2 heterocycles. The standard InChI is InChI=1S/C17H21NO2/c1-12-5-6-17(7-8-18(2)16(17)9-12)13-3-4-14-15(10-13)20-11-19-14/h3-4,9-10,16H,5-8,11H2,1-2H3/t16-,17-/m0/s1. The van der Waals surface area contributed by atoms with Crippen LogP contribution in [0.2, 0.25) is 0 Å². The van der Waals surface area contributed by atoms with E-state index in [2.05, 4.69) is 43.1 Å². The second kappa shape index (κ2) is 4.26. The molecule has 1 aliphatic carbocycles. The van der Waals surface area contributed by atoms with Crippen LogP contribution in [0.3, 0.4) is 0 Å². The molecule has 2 atom stereocenters. The number of nitrogens with zero attached hydrogens (tertiary/aromatic N) is 1. The molecule has 3 aliphatic rings. The summed E-state index contributed by atoms with van der Waals surface area (Å²) >= 11 is 0. The molecule has 1 fully saturated rings. The SMILES string of the molecule is CC1=C[C@@H]2N(C)CC[C@]2(c2ccc3c(c2)OCO3)CC1. The Bertz CT molecular complexity index is 580. The number of fused-ring (bicyclic) bond motifs is 2. The van der Waals surface area contributed by atoms with E-state index in [4.69, 9.17) is 9.47 Å². The van der Waals surface area contributed by atoms with Crippen LogP contribution in [0.5, 0.6) is 11.5 Å². The summed E-state index contributed by atoms with van der Waals surface area (Å²) in [6.07, 6.45) is 6.15. The van der Waals surface area contributed by atoms with E-state index < -0.39 is 0 Å². The third-order valence-electron chi connectivity index (χ3n) is 5.31. The molecule has 4 rings (SSSR count). The van der Waals surface area contributed by atoms with Gasteiger partial charge in [-0.15, -0.1) is 0 Å². The van der Waals surface area contributed by atoms with E-state index in [1.807, 2.05) is 0 Å². The number of rotatable bonds is 1. The molecule has 0 N–H and O–H groups in total. The highest BCUT2D eigenvalue weighted by molar-refractivity contribution is 5.48. The average Bonchev–Trinajstić information content (AvgIpc) is 3.04. The maximum atomic E-state index is 5.57. The lowest BCUT2D eigenvalue weighted by atomic mass is 9.67. The maximum absolute atomic E-state index is 5.57. The van der Waals surface area contributed by atoms with Crippen molar-refractivity contribution in [2.24, 2.45) is 0 Å². The van der Waals surface area contributed by atoms with Crippen molar-refractivity contribution in [3.8, 4) is 11.5 Å². The smallest absolute Gasteiger partial charge is 0.231 e. The second-order valence-corrected chi connectivity index (χ2v) is 6.41. The van der Waals surface area contributed by atoms with Crippen molar-refractivity contribution in [3.05, 3.63) is 35.4 Å². The van der Waals surface area contributed by atoms with Crippen LogP contribution in [0.4, 0.5) is 0 Å². The van der Waals surface area contributed by atoms with Gasteiger partial charge >= 0.3 is 0 Å². The van der Waals surface area contributed by atoms with Gasteiger partial charge in [-0.3, -0.25) is 4.90 Å². The van der Waals surface area contributed by atoms with E-state index in [0.717, 1.165) is 11.5 Å². The van der Waals surface area contributed by atoms with Gasteiger partial charge < -0.3 is 9.47 Å². The summed E-state index contributed by atoms with van der Waals surface area (Å²) in [6, 6.07) is 7.06. The average molecular weight is 271 g/mol. The third kappa shape index (κ3) is 1.62. The Labute approximate surface area is 120 Å². The van der Waals surface area contributed by atoms with E-state index in [1.54, 1.807) is 0 Å². The predicted octanol–water partition coefficient (Wildman–Crippen LogP) is 3.10. The Morgan fingerprint density at radius 3 is 2.95 bits per heavy atom. The molecule has 0 amide bonds. The van der Waals surface area contributed by atoms with Crippen molar-refractivity contribution in [3.63, 3.8) is 0 Å². The van der Waals surface area contributed by atoms with Gasteiger partial charge in [-0.2, -0.15) is 0 Å². The molecule has 2 aliphatic heterocycles. The Hall–Kier alpha value is -1.48. The van der Waals surface area contributed by atoms with Gasteiger partial charge in [0, 0.05) is 11.5 Å². The number of benzene rings is 1. The van der Waals surface area contributed by atoms with Crippen molar-refractivity contribution in [2.45, 2.75) is 37.6 Å². The van der Waals surface area contributed by atoms with Gasteiger partial charge in [0.25, 0.3) is 0 Å². The van der Waals surface area contributed by atoms with E-state index in [9.17, 15) is 0 Å². The molecule has 0 aromatic heterocycles. The van der Waals surface area contributed by atoms with Crippen LogP contribution in [0, 0.1) is 0 Å². The molecular formula is C17H21NO2. The molecule has 3 heteroatoms. The highest BCUT2D eigenvalue weighted by Crippen LogP contribution is 2.49. The molecular weight excluding hydrogens is 250 g/mol. The normalized spacial score (nSPS) is 32.1. The molecule has 106 valence electrons. The van der Waals surface area contributed by atoms with Crippen LogP contribution in [0.1, 0.15) is 31.7 Å². The summed E-state index contributed by atoms with van der Waals surface area (Å²) in [6.45, 7) is 3.78. The van der Waals surface area contributed by atoms with Gasteiger partial charge in [0.1, 0.15) is 0 Å². The van der Waals surface area contributed by atoms with Crippen LogP contribution in [0.25, 0.3) is 0 Å². The predicted molar refractivity (Wildman–Crippen MR) is 78.3 cm³/mol. The topological polar surface area (TPSA) is 21.7 Å². The highest BCUT2D eigenvalue weighted by atomic mass is 16.7. The summed E-state index contributed by atoms with van der Waals surface area (Å²) in [7, 11) is 2.24. The number of hydrogen-bond acceptors (Lipinski definition) is 3. The van der Waals surface area contributed by atoms with Crippen molar-refractivity contribution >= 4 is 0 Å². The minimum absolute atomic E-state index is 0.259. The fourth-order valence-electron chi connectivity index (χ4n) is 4.08. The van der Waals surface area contributed by atoms with Crippen LogP contribution < -0.4 is 9.47 Å². The number of likely N-dealkylation sites (tertiary alicyclic amines) is 1. The number of likely N-dealkylation sites (N-methyl/N-ethyl adjacent to an activating group) is 1. The molecule has 3 nitrogen and oxygen atoms in total. The van der Waals surface area contributed by atoms with E-state index in [-0.39, 0.29) is 5.41 Å². The van der Waals surface area contributed by atoms with Crippen molar-refractivity contribution in [2.75, 3.05) is 20.4 Å². The molecule has 1 saturated heterocycles. The van der Waals surface area contributed by atoms with Crippen molar-refractivity contribution < 1.29 is 9.47 Å². The first kappa shape index (κ1) is 12.3. The van der Waals surface area contributed by atoms with E-state index >= 15 is 0 Å². The zero-order chi connectivity index (χ0) is 13.7. The molecule has 0 saturated carbocycles. The molecule has 1 aromatic rings. The molecule has 0 bridgehead atoms. The fourth-order valence-corrected chi connectivity index (χ4v) is 4.08. The van der Waals surface area contributed by atoms with Gasteiger partial charge in [-0.25, -0.2) is 0 Å². The largest absolute Gasteiger partial charge is 0.454 e. The summed E-state index contributed by atoms with van der Waals surface area (Å²) in [4.78, 5) is 2.49. The summed E-state index contributed by atoms with van der Waals surface area (Å²) in [5.41, 5.74) is 3.20. The zero-order valence-corrected chi connectivity index (χ0v) is 12.2. The molecule has 0 unspecified atom stereocenters. The quantitative estimate of drug-likeness (QED) is 0.733. The first-order valence-electron chi connectivity index (χ1n) is 7.47. The lowest BCUT2D eigenvalue weighted by Crippen LogP contribution is -2.42. The van der Waals surface area contributed by atoms with E-state index in [0.29, 0.717) is 12.8 Å². The summed E-state index contributed by atoms with van der Waals surface area (Å²) < 4.78 is 11.0. The number of ether oxygens (including phenoxy) is 2. The van der Waals surface area contributed by atoms with Crippen LogP contribution >= 0.6 is 0 Å². The lowest BCUT2D eigenvalue weighted by molar-refractivity contribution is 0.174. The van der Waals surface area contributed by atoms with Gasteiger partial charge in [0.15, 0.2) is 11.5 Å². The summed E-state index contributed by atoms with van der Waals surface area (Å²) in [5.74, 6) is 1.80. The lowest BCUT2D eigenvalue weighted by Gasteiger charge is -2.40. The first-order chi connectivity index (χ1) is 9.69. The van der Waals surface area contributed by atoms with Crippen LogP contribution in [-0.2, 0) is 5.41 Å². The first-order valence-corrected chi connectivity index (χ1v) is 7.47.